The monoisotopic (exact) mass is 192 g/mol. The summed E-state index contributed by atoms with van der Waals surface area (Å²) in [6, 6.07) is 0. The first kappa shape index (κ1) is 11.6. The summed E-state index contributed by atoms with van der Waals surface area (Å²) >= 11 is 0. The van der Waals surface area contributed by atoms with E-state index in [0.717, 1.165) is 13.0 Å². The molecule has 0 aliphatic rings. The molecular formula is C7H16N2O2S. The highest BCUT2D eigenvalue weighted by Gasteiger charge is 1.99. The standard InChI is InChI=1S/C7H16N2O2S/c1-2-3-4-5-9-6-7-12(8,10)11/h2-3,9H,4-7H2,1H3,(H2,8,10,11)/b3-2+. The highest BCUT2D eigenvalue weighted by molar-refractivity contribution is 7.89. The van der Waals surface area contributed by atoms with E-state index in [9.17, 15) is 8.42 Å². The molecule has 3 N–H and O–H groups in total. The van der Waals surface area contributed by atoms with Gasteiger partial charge in [0.1, 0.15) is 0 Å². The van der Waals surface area contributed by atoms with Crippen molar-refractivity contribution in [3.63, 3.8) is 0 Å². The minimum atomic E-state index is -3.30. The van der Waals surface area contributed by atoms with Crippen molar-refractivity contribution in [1.29, 1.82) is 0 Å². The van der Waals surface area contributed by atoms with Gasteiger partial charge in [0.15, 0.2) is 0 Å². The molecule has 0 aliphatic carbocycles. The Hall–Kier alpha value is -0.390. The predicted molar refractivity (Wildman–Crippen MR) is 50.3 cm³/mol. The summed E-state index contributed by atoms with van der Waals surface area (Å²) in [4.78, 5) is 0. The highest BCUT2D eigenvalue weighted by Crippen LogP contribution is 1.80. The van der Waals surface area contributed by atoms with Gasteiger partial charge in [0.05, 0.1) is 5.75 Å². The van der Waals surface area contributed by atoms with E-state index in [-0.39, 0.29) is 5.75 Å². The van der Waals surface area contributed by atoms with Gasteiger partial charge in [-0.15, -0.1) is 0 Å². The van der Waals surface area contributed by atoms with Crippen LogP contribution in [-0.4, -0.2) is 27.3 Å². The lowest BCUT2D eigenvalue weighted by molar-refractivity contribution is 0.593. The Morgan fingerprint density at radius 2 is 2.08 bits per heavy atom. The lowest BCUT2D eigenvalue weighted by Gasteiger charge is -2.00. The summed E-state index contributed by atoms with van der Waals surface area (Å²) in [6.45, 7) is 3.17. The van der Waals surface area contributed by atoms with Crippen molar-refractivity contribution < 1.29 is 8.42 Å². The van der Waals surface area contributed by atoms with E-state index in [1.54, 1.807) is 0 Å². The van der Waals surface area contributed by atoms with Gasteiger partial charge in [-0.05, 0) is 19.9 Å². The van der Waals surface area contributed by atoms with Crippen molar-refractivity contribution in [1.82, 2.24) is 5.32 Å². The fourth-order valence-electron chi connectivity index (χ4n) is 0.691. The molecule has 0 amide bonds. The zero-order valence-corrected chi connectivity index (χ0v) is 8.10. The number of primary sulfonamides is 1. The van der Waals surface area contributed by atoms with E-state index in [1.165, 1.54) is 0 Å². The molecule has 0 aromatic carbocycles. The van der Waals surface area contributed by atoms with E-state index in [0.29, 0.717) is 6.54 Å². The second-order valence-electron chi connectivity index (χ2n) is 2.47. The normalized spacial score (nSPS) is 12.5. The second-order valence-corrected chi connectivity index (χ2v) is 4.21. The van der Waals surface area contributed by atoms with Crippen LogP contribution in [0.1, 0.15) is 13.3 Å². The number of rotatable bonds is 6. The van der Waals surface area contributed by atoms with Gasteiger partial charge < -0.3 is 5.32 Å². The molecule has 0 saturated heterocycles. The first-order valence-electron chi connectivity index (χ1n) is 3.88. The van der Waals surface area contributed by atoms with Gasteiger partial charge in [-0.3, -0.25) is 0 Å². The largest absolute Gasteiger partial charge is 0.315 e. The number of hydrogen-bond acceptors (Lipinski definition) is 3. The zero-order chi connectivity index (χ0) is 9.45. The number of sulfonamides is 1. The third-order valence-electron chi connectivity index (χ3n) is 1.29. The average molecular weight is 192 g/mol. The number of nitrogens with two attached hydrogens (primary N) is 1. The molecule has 0 unspecified atom stereocenters. The predicted octanol–water partition coefficient (Wildman–Crippen LogP) is -0.169. The quantitative estimate of drug-likeness (QED) is 0.453. The Balaban J connectivity index is 3.23. The van der Waals surface area contributed by atoms with E-state index < -0.39 is 10.0 Å². The summed E-state index contributed by atoms with van der Waals surface area (Å²) in [6.07, 6.45) is 4.90. The lowest BCUT2D eigenvalue weighted by Crippen LogP contribution is -2.27. The molecule has 0 saturated carbocycles. The van der Waals surface area contributed by atoms with E-state index >= 15 is 0 Å². The van der Waals surface area contributed by atoms with Crippen molar-refractivity contribution in [3.05, 3.63) is 12.2 Å². The summed E-state index contributed by atoms with van der Waals surface area (Å²) in [5.41, 5.74) is 0. The molecule has 0 spiro atoms. The minimum absolute atomic E-state index is 0.00282. The highest BCUT2D eigenvalue weighted by atomic mass is 32.2. The molecule has 0 aliphatic heterocycles. The van der Waals surface area contributed by atoms with Crippen molar-refractivity contribution in [3.8, 4) is 0 Å². The summed E-state index contributed by atoms with van der Waals surface area (Å²) < 4.78 is 20.9. The van der Waals surface area contributed by atoms with Gasteiger partial charge in [-0.25, -0.2) is 13.6 Å². The van der Waals surface area contributed by atoms with E-state index in [4.69, 9.17) is 5.14 Å². The molecule has 0 radical (unpaired) electrons. The third kappa shape index (κ3) is 9.61. The van der Waals surface area contributed by atoms with Crippen LogP contribution in [-0.2, 0) is 10.0 Å². The molecule has 72 valence electrons. The maximum absolute atomic E-state index is 10.4. The van der Waals surface area contributed by atoms with Crippen LogP contribution in [0, 0.1) is 0 Å². The Morgan fingerprint density at radius 3 is 2.58 bits per heavy atom. The van der Waals surface area contributed by atoms with Crippen LogP contribution >= 0.6 is 0 Å². The number of allylic oxidation sites excluding steroid dienone is 1. The Morgan fingerprint density at radius 1 is 1.42 bits per heavy atom. The molecule has 0 aromatic heterocycles. The van der Waals surface area contributed by atoms with Crippen LogP contribution < -0.4 is 10.5 Å². The lowest BCUT2D eigenvalue weighted by atomic mass is 10.4. The van der Waals surface area contributed by atoms with Crippen LogP contribution in [0.4, 0.5) is 0 Å². The number of hydrogen-bond donors (Lipinski definition) is 2. The topological polar surface area (TPSA) is 72.2 Å². The number of nitrogens with one attached hydrogen (secondary N) is 1. The summed E-state index contributed by atoms with van der Waals surface area (Å²) in [5.74, 6) is 0.00282. The SMILES string of the molecule is C/C=C/CCNCCS(N)(=O)=O. The molecular weight excluding hydrogens is 176 g/mol. The van der Waals surface area contributed by atoms with Crippen molar-refractivity contribution in [2.24, 2.45) is 5.14 Å². The minimum Gasteiger partial charge on any atom is -0.315 e. The van der Waals surface area contributed by atoms with Crippen LogP contribution in [0.15, 0.2) is 12.2 Å². The summed E-state index contributed by atoms with van der Waals surface area (Å²) in [7, 11) is -3.30. The molecule has 0 fully saturated rings. The smallest absolute Gasteiger partial charge is 0.210 e. The maximum Gasteiger partial charge on any atom is 0.210 e. The van der Waals surface area contributed by atoms with Gasteiger partial charge >= 0.3 is 0 Å². The fraction of sp³-hybridized carbons (Fsp3) is 0.714. The Kier molecular flexibility index (Phi) is 5.96. The molecule has 0 atom stereocenters. The van der Waals surface area contributed by atoms with Gasteiger partial charge in [0.2, 0.25) is 10.0 Å². The first-order valence-corrected chi connectivity index (χ1v) is 5.60. The Labute approximate surface area is 73.9 Å². The fourth-order valence-corrected chi connectivity index (χ4v) is 1.12. The van der Waals surface area contributed by atoms with Crippen LogP contribution in [0.25, 0.3) is 0 Å². The van der Waals surface area contributed by atoms with Crippen LogP contribution in [0.3, 0.4) is 0 Å². The average Bonchev–Trinajstić information content (AvgIpc) is 1.94. The molecule has 0 rings (SSSR count). The van der Waals surface area contributed by atoms with Crippen molar-refractivity contribution in [2.75, 3.05) is 18.8 Å². The molecule has 5 heteroatoms. The third-order valence-corrected chi connectivity index (χ3v) is 2.06. The molecule has 0 heterocycles. The van der Waals surface area contributed by atoms with E-state index in [1.807, 2.05) is 19.1 Å². The van der Waals surface area contributed by atoms with E-state index in [2.05, 4.69) is 5.32 Å². The molecule has 4 nitrogen and oxygen atoms in total. The first-order chi connectivity index (χ1) is 5.56. The molecule has 0 aromatic rings. The van der Waals surface area contributed by atoms with Crippen molar-refractivity contribution >= 4 is 10.0 Å². The zero-order valence-electron chi connectivity index (χ0n) is 7.29. The van der Waals surface area contributed by atoms with Gasteiger partial charge in [-0.2, -0.15) is 0 Å². The van der Waals surface area contributed by atoms with Crippen LogP contribution in [0.2, 0.25) is 0 Å². The maximum atomic E-state index is 10.4. The van der Waals surface area contributed by atoms with Crippen LogP contribution in [0.5, 0.6) is 0 Å². The molecule has 0 bridgehead atoms. The van der Waals surface area contributed by atoms with Gasteiger partial charge in [-0.1, -0.05) is 12.2 Å². The molecule has 12 heavy (non-hydrogen) atoms. The van der Waals surface area contributed by atoms with Crippen molar-refractivity contribution in [2.45, 2.75) is 13.3 Å². The van der Waals surface area contributed by atoms with Gasteiger partial charge in [0, 0.05) is 6.54 Å². The van der Waals surface area contributed by atoms with Gasteiger partial charge in [0.25, 0.3) is 0 Å². The second kappa shape index (κ2) is 6.16. The summed E-state index contributed by atoms with van der Waals surface area (Å²) in [5, 5.41) is 7.76. The Bertz CT molecular complexity index is 222.